The van der Waals surface area contributed by atoms with Gasteiger partial charge in [-0.05, 0) is 139 Å². The van der Waals surface area contributed by atoms with E-state index in [2.05, 4.69) is 250 Å². The number of fused-ring (bicyclic) bond motifs is 12. The predicted octanol–water partition coefficient (Wildman–Crippen LogP) is 16.4. The quantitative estimate of drug-likeness (QED) is 0.138. The third-order valence-corrected chi connectivity index (χ3v) is 14.6. The van der Waals surface area contributed by atoms with E-state index in [1.165, 1.54) is 89.0 Å². The van der Waals surface area contributed by atoms with Crippen LogP contribution in [0.25, 0.3) is 44.5 Å². The Labute approximate surface area is 377 Å². The molecule has 0 amide bonds. The molecule has 4 aliphatic carbocycles. The van der Waals surface area contributed by atoms with Crippen molar-refractivity contribution in [2.75, 3.05) is 4.90 Å². The summed E-state index contributed by atoms with van der Waals surface area (Å²) in [5, 5.41) is 0. The average molecular weight is 820 g/mol. The summed E-state index contributed by atoms with van der Waals surface area (Å²) >= 11 is 0. The lowest BCUT2D eigenvalue weighted by Crippen LogP contribution is -2.30. The fourth-order valence-electron chi connectivity index (χ4n) is 11.8. The van der Waals surface area contributed by atoms with Gasteiger partial charge in [-0.1, -0.05) is 202 Å². The molecule has 4 aliphatic rings. The molecule has 0 radical (unpaired) electrons. The monoisotopic (exact) mass is 819 g/mol. The van der Waals surface area contributed by atoms with Gasteiger partial charge < -0.3 is 4.90 Å². The van der Waals surface area contributed by atoms with Crippen molar-refractivity contribution < 1.29 is 0 Å². The number of benzene rings is 8. The molecule has 0 saturated carbocycles. The van der Waals surface area contributed by atoms with Crippen LogP contribution in [0.3, 0.4) is 0 Å². The molecule has 0 heterocycles. The standard InChI is InChI=1S/C63H49N/c1-4-17-42(30-31-45-34-38-55-53-25-11-15-29-59(53)63(61(45)55)57-27-13-9-23-51(57)52-24-10-14-28-58(52)63)46-20-16-21-48(40-46)64(47-35-32-44(33-36-47)43-18-6-5-7-19-43)49-37-39-54-50-22-8-12-26-56(50)62(2,3)60(54)41-49/h4-30,32-41,45H,31H2,1-3H3/b17-4-,42-30+. The van der Waals surface area contributed by atoms with E-state index in [-0.39, 0.29) is 16.7 Å². The van der Waals surface area contributed by atoms with Gasteiger partial charge in [0.05, 0.1) is 5.41 Å². The Kier molecular flexibility index (Phi) is 8.85. The number of nitrogens with zero attached hydrogens (tertiary/aromatic N) is 1. The van der Waals surface area contributed by atoms with Crippen LogP contribution in [0, 0.1) is 5.92 Å². The van der Waals surface area contributed by atoms with Gasteiger partial charge in [0, 0.05) is 28.4 Å². The van der Waals surface area contributed by atoms with Gasteiger partial charge in [-0.3, -0.25) is 0 Å². The summed E-state index contributed by atoms with van der Waals surface area (Å²) in [4.78, 5) is 2.44. The van der Waals surface area contributed by atoms with Crippen molar-refractivity contribution in [3.8, 4) is 33.4 Å². The summed E-state index contributed by atoms with van der Waals surface area (Å²) in [7, 11) is 0. The van der Waals surface area contributed by atoms with E-state index in [4.69, 9.17) is 0 Å². The Morgan fingerprint density at radius 2 is 1.05 bits per heavy atom. The smallest absolute Gasteiger partial charge is 0.0694 e. The number of anilines is 3. The third-order valence-electron chi connectivity index (χ3n) is 14.6. The van der Waals surface area contributed by atoms with Crippen molar-refractivity contribution >= 4 is 28.2 Å². The molecule has 8 aromatic rings. The van der Waals surface area contributed by atoms with Gasteiger partial charge in [0.15, 0.2) is 0 Å². The van der Waals surface area contributed by atoms with Gasteiger partial charge in [0.2, 0.25) is 0 Å². The van der Waals surface area contributed by atoms with Gasteiger partial charge in [-0.15, -0.1) is 0 Å². The second-order valence-corrected chi connectivity index (χ2v) is 18.3. The van der Waals surface area contributed by atoms with E-state index in [9.17, 15) is 0 Å². The van der Waals surface area contributed by atoms with Crippen LogP contribution in [0.4, 0.5) is 17.1 Å². The minimum Gasteiger partial charge on any atom is -0.310 e. The van der Waals surface area contributed by atoms with Crippen LogP contribution in [-0.4, -0.2) is 0 Å². The van der Waals surface area contributed by atoms with Crippen molar-refractivity contribution in [2.45, 2.75) is 38.0 Å². The van der Waals surface area contributed by atoms with E-state index < -0.39 is 0 Å². The predicted molar refractivity (Wildman–Crippen MR) is 269 cm³/mol. The van der Waals surface area contributed by atoms with Crippen LogP contribution in [-0.2, 0) is 10.8 Å². The van der Waals surface area contributed by atoms with Gasteiger partial charge in [0.1, 0.15) is 0 Å². The molecule has 0 saturated heterocycles. The fraction of sp³-hybridized carbons (Fsp3) is 0.111. The Morgan fingerprint density at radius 3 is 1.73 bits per heavy atom. The maximum Gasteiger partial charge on any atom is 0.0694 e. The second-order valence-electron chi connectivity index (χ2n) is 18.3. The SMILES string of the molecule is C/C=C\C(=C/CC1C=CC2=C1C1(c3ccccc32)c2ccccc2-c2ccccc21)c1cccc(N(c2ccc(-c3ccccc3)cc2)c2ccc3c(c2)C(C)(C)c2ccccc2-3)c1. The van der Waals surface area contributed by atoms with Crippen molar-refractivity contribution in [1.82, 2.24) is 0 Å². The van der Waals surface area contributed by atoms with Crippen LogP contribution < -0.4 is 4.90 Å². The molecule has 306 valence electrons. The molecule has 1 atom stereocenters. The third kappa shape index (κ3) is 5.63. The molecule has 1 heteroatoms. The van der Waals surface area contributed by atoms with Crippen molar-refractivity contribution in [1.29, 1.82) is 0 Å². The van der Waals surface area contributed by atoms with E-state index in [1.54, 1.807) is 0 Å². The van der Waals surface area contributed by atoms with Gasteiger partial charge in [-0.25, -0.2) is 0 Å². The summed E-state index contributed by atoms with van der Waals surface area (Å²) in [6, 6.07) is 72.3. The van der Waals surface area contributed by atoms with Crippen LogP contribution >= 0.6 is 0 Å². The molecule has 8 aromatic carbocycles. The summed E-state index contributed by atoms with van der Waals surface area (Å²) in [5.41, 5.74) is 24.4. The molecule has 0 aromatic heterocycles. The Hall–Kier alpha value is -7.48. The van der Waals surface area contributed by atoms with E-state index in [0.717, 1.165) is 23.5 Å². The maximum atomic E-state index is 2.49. The van der Waals surface area contributed by atoms with E-state index in [0.29, 0.717) is 0 Å². The first-order valence-electron chi connectivity index (χ1n) is 22.8. The van der Waals surface area contributed by atoms with Crippen LogP contribution in [0.1, 0.15) is 66.1 Å². The first-order chi connectivity index (χ1) is 31.5. The zero-order valence-electron chi connectivity index (χ0n) is 36.6. The summed E-state index contributed by atoms with van der Waals surface area (Å²) in [6.45, 7) is 6.86. The molecule has 1 spiro atoms. The highest BCUT2D eigenvalue weighted by Gasteiger charge is 2.54. The Balaban J connectivity index is 0.947. The molecule has 1 unspecified atom stereocenters. The topological polar surface area (TPSA) is 3.24 Å². The zero-order chi connectivity index (χ0) is 43.0. The van der Waals surface area contributed by atoms with Gasteiger partial charge in [0.25, 0.3) is 0 Å². The number of hydrogen-bond acceptors (Lipinski definition) is 1. The Bertz CT molecular complexity index is 3230. The van der Waals surface area contributed by atoms with E-state index in [1.807, 2.05) is 0 Å². The van der Waals surface area contributed by atoms with Gasteiger partial charge >= 0.3 is 0 Å². The van der Waals surface area contributed by atoms with Crippen molar-refractivity contribution in [3.63, 3.8) is 0 Å². The lowest BCUT2D eigenvalue weighted by atomic mass is 9.66. The fourth-order valence-corrected chi connectivity index (χ4v) is 11.8. The largest absolute Gasteiger partial charge is 0.310 e. The lowest BCUT2D eigenvalue weighted by molar-refractivity contribution is 0.645. The molecule has 0 fully saturated rings. The highest BCUT2D eigenvalue weighted by Crippen LogP contribution is 2.65. The summed E-state index contributed by atoms with van der Waals surface area (Å²) in [5.74, 6) is 0.239. The van der Waals surface area contributed by atoms with Crippen molar-refractivity contribution in [3.05, 3.63) is 269 Å². The highest BCUT2D eigenvalue weighted by molar-refractivity contribution is 5.98. The van der Waals surface area contributed by atoms with Crippen LogP contribution in [0.15, 0.2) is 230 Å². The van der Waals surface area contributed by atoms with E-state index >= 15 is 0 Å². The lowest BCUT2D eigenvalue weighted by Gasteiger charge is -2.35. The normalized spacial score (nSPS) is 16.7. The minimum absolute atomic E-state index is 0.111. The minimum atomic E-state index is -0.315. The molecule has 64 heavy (non-hydrogen) atoms. The van der Waals surface area contributed by atoms with Crippen LogP contribution in [0.5, 0.6) is 0 Å². The molecule has 12 rings (SSSR count). The summed E-state index contributed by atoms with van der Waals surface area (Å²) in [6.07, 6.45) is 12.7. The molecule has 0 aliphatic heterocycles. The summed E-state index contributed by atoms with van der Waals surface area (Å²) < 4.78 is 0. The first kappa shape index (κ1) is 38.2. The molecule has 0 bridgehead atoms. The number of hydrogen-bond donors (Lipinski definition) is 0. The van der Waals surface area contributed by atoms with Crippen molar-refractivity contribution in [2.24, 2.45) is 5.92 Å². The number of allylic oxidation sites excluding steroid dienone is 8. The molecule has 0 N–H and O–H groups in total. The Morgan fingerprint density at radius 1 is 0.500 bits per heavy atom. The zero-order valence-corrected chi connectivity index (χ0v) is 36.6. The first-order valence-corrected chi connectivity index (χ1v) is 22.8. The highest BCUT2D eigenvalue weighted by atomic mass is 15.1. The number of rotatable bonds is 8. The maximum absolute atomic E-state index is 2.49. The molecular formula is C63H49N. The average Bonchev–Trinajstić information content (AvgIpc) is 4.05. The van der Waals surface area contributed by atoms with Crippen LogP contribution in [0.2, 0.25) is 0 Å². The van der Waals surface area contributed by atoms with Gasteiger partial charge in [-0.2, -0.15) is 0 Å². The second kappa shape index (κ2) is 14.8. The molecular weight excluding hydrogens is 771 g/mol. The molecule has 1 nitrogen and oxygen atoms in total.